The maximum atomic E-state index is 13.7. The maximum absolute atomic E-state index is 13.7. The number of aliphatic imine (C=N–C) groups is 1. The van der Waals surface area contributed by atoms with Crippen molar-refractivity contribution < 1.29 is 13.7 Å². The summed E-state index contributed by atoms with van der Waals surface area (Å²) >= 11 is 0. The van der Waals surface area contributed by atoms with Crippen LogP contribution in [0.1, 0.15) is 12.6 Å². The molecule has 2 aromatic carbocycles. The van der Waals surface area contributed by atoms with Crippen LogP contribution >= 0.6 is 0 Å². The lowest BCUT2D eigenvalue weighted by Crippen LogP contribution is -2.41. The van der Waals surface area contributed by atoms with Gasteiger partial charge in [-0.05, 0) is 19.1 Å². The van der Waals surface area contributed by atoms with Crippen molar-refractivity contribution in [3.05, 3.63) is 72.2 Å². The van der Waals surface area contributed by atoms with Crippen molar-refractivity contribution in [3.63, 3.8) is 0 Å². The molecule has 6 nitrogen and oxygen atoms in total. The lowest BCUT2D eigenvalue weighted by molar-refractivity contribution is 0.214. The summed E-state index contributed by atoms with van der Waals surface area (Å²) in [5.41, 5.74) is 1.74. The Kier molecular flexibility index (Phi) is 6.62. The molecule has 1 heterocycles. The summed E-state index contributed by atoms with van der Waals surface area (Å²) < 4.78 is 24.6. The minimum atomic E-state index is -0.378. The first-order valence-electron chi connectivity index (χ1n) is 9.02. The summed E-state index contributed by atoms with van der Waals surface area (Å²) in [4.78, 5) is 4.17. The van der Waals surface area contributed by atoms with E-state index < -0.39 is 0 Å². The van der Waals surface area contributed by atoms with Crippen molar-refractivity contribution in [2.24, 2.45) is 4.99 Å². The third-order valence-corrected chi connectivity index (χ3v) is 4.00. The molecule has 0 aliphatic carbocycles. The molecule has 1 atom stereocenters. The summed E-state index contributed by atoms with van der Waals surface area (Å²) in [5, 5.41) is 10.4. The molecule has 0 amide bonds. The molecule has 146 valence electrons. The van der Waals surface area contributed by atoms with Crippen molar-refractivity contribution in [2.75, 3.05) is 13.6 Å². The molecule has 0 radical (unpaired) electrons. The van der Waals surface area contributed by atoms with Crippen LogP contribution in [0.3, 0.4) is 0 Å². The molecule has 3 rings (SSSR count). The first-order chi connectivity index (χ1) is 13.7. The van der Waals surface area contributed by atoms with Gasteiger partial charge < -0.3 is 19.9 Å². The van der Waals surface area contributed by atoms with E-state index in [1.807, 2.05) is 43.3 Å². The largest absolute Gasteiger partial charge is 0.486 e. The van der Waals surface area contributed by atoms with E-state index in [4.69, 9.17) is 9.26 Å². The summed E-state index contributed by atoms with van der Waals surface area (Å²) in [6, 6.07) is 18.0. The van der Waals surface area contributed by atoms with Crippen molar-refractivity contribution in [3.8, 4) is 17.1 Å². The Labute approximate surface area is 163 Å². The molecule has 0 saturated heterocycles. The topological polar surface area (TPSA) is 71.7 Å². The van der Waals surface area contributed by atoms with Gasteiger partial charge in [0.1, 0.15) is 11.8 Å². The number of hydrogen-bond acceptors (Lipinski definition) is 4. The number of guanidine groups is 1. The van der Waals surface area contributed by atoms with Gasteiger partial charge in [-0.15, -0.1) is 0 Å². The molecule has 1 unspecified atom stereocenters. The van der Waals surface area contributed by atoms with Crippen molar-refractivity contribution in [1.82, 2.24) is 15.8 Å². The molecule has 0 saturated carbocycles. The smallest absolute Gasteiger partial charge is 0.191 e. The number of halogens is 1. The van der Waals surface area contributed by atoms with Crippen LogP contribution in [0.25, 0.3) is 11.3 Å². The van der Waals surface area contributed by atoms with Crippen LogP contribution < -0.4 is 15.4 Å². The molecule has 7 heteroatoms. The second-order valence-electron chi connectivity index (χ2n) is 6.21. The number of para-hydroxylation sites is 1. The Morgan fingerprint density at radius 3 is 2.64 bits per heavy atom. The Morgan fingerprint density at radius 1 is 1.14 bits per heavy atom. The second kappa shape index (κ2) is 9.55. The van der Waals surface area contributed by atoms with Crippen molar-refractivity contribution >= 4 is 5.96 Å². The minimum absolute atomic E-state index is 0.232. The van der Waals surface area contributed by atoms with E-state index in [0.29, 0.717) is 24.8 Å². The predicted octanol–water partition coefficient (Wildman–Crippen LogP) is 3.61. The van der Waals surface area contributed by atoms with Crippen LogP contribution in [0.2, 0.25) is 0 Å². The van der Waals surface area contributed by atoms with Gasteiger partial charge in [0.2, 0.25) is 0 Å². The van der Waals surface area contributed by atoms with Crippen LogP contribution in [0.5, 0.6) is 5.75 Å². The lowest BCUT2D eigenvalue weighted by Gasteiger charge is -2.17. The van der Waals surface area contributed by atoms with Gasteiger partial charge in [0.05, 0.1) is 13.1 Å². The zero-order valence-corrected chi connectivity index (χ0v) is 15.9. The van der Waals surface area contributed by atoms with Crippen LogP contribution in [-0.2, 0) is 6.54 Å². The Bertz CT molecular complexity index is 912. The van der Waals surface area contributed by atoms with Crippen LogP contribution in [0.15, 0.2) is 70.2 Å². The lowest BCUT2D eigenvalue weighted by atomic mass is 10.2. The first kappa shape index (κ1) is 19.4. The molecule has 0 aliphatic heterocycles. The Hall–Kier alpha value is -3.35. The summed E-state index contributed by atoms with van der Waals surface area (Å²) in [7, 11) is 1.68. The highest BCUT2D eigenvalue weighted by Gasteiger charge is 2.10. The van der Waals surface area contributed by atoms with E-state index in [1.54, 1.807) is 25.2 Å². The monoisotopic (exact) mass is 382 g/mol. The number of nitrogens with zero attached hydrogens (tertiary/aromatic N) is 2. The first-order valence-corrected chi connectivity index (χ1v) is 9.02. The average molecular weight is 382 g/mol. The van der Waals surface area contributed by atoms with E-state index in [-0.39, 0.29) is 17.7 Å². The minimum Gasteiger partial charge on any atom is -0.486 e. The van der Waals surface area contributed by atoms with Crippen molar-refractivity contribution in [1.29, 1.82) is 0 Å². The van der Waals surface area contributed by atoms with E-state index in [2.05, 4.69) is 20.8 Å². The molecule has 0 aliphatic rings. The maximum Gasteiger partial charge on any atom is 0.191 e. The van der Waals surface area contributed by atoms with Crippen LogP contribution in [0.4, 0.5) is 4.39 Å². The van der Waals surface area contributed by atoms with Gasteiger partial charge >= 0.3 is 0 Å². The molecule has 0 spiro atoms. The highest BCUT2D eigenvalue weighted by molar-refractivity contribution is 5.79. The molecule has 28 heavy (non-hydrogen) atoms. The Morgan fingerprint density at radius 2 is 1.89 bits per heavy atom. The summed E-state index contributed by atoms with van der Waals surface area (Å²) in [6.07, 6.45) is -0.243. The molecule has 0 bridgehead atoms. The molecular formula is C21H23FN4O2. The number of rotatable bonds is 7. The van der Waals surface area contributed by atoms with Gasteiger partial charge in [-0.2, -0.15) is 0 Å². The Balaban J connectivity index is 1.47. The third-order valence-electron chi connectivity index (χ3n) is 4.00. The van der Waals surface area contributed by atoms with Crippen molar-refractivity contribution in [2.45, 2.75) is 19.6 Å². The number of nitrogens with one attached hydrogen (secondary N) is 2. The van der Waals surface area contributed by atoms with Crippen LogP contribution in [-0.4, -0.2) is 30.8 Å². The van der Waals surface area contributed by atoms with E-state index in [9.17, 15) is 4.39 Å². The van der Waals surface area contributed by atoms with E-state index in [0.717, 1.165) is 11.3 Å². The molecule has 3 aromatic rings. The zero-order valence-electron chi connectivity index (χ0n) is 15.9. The van der Waals surface area contributed by atoms with Crippen LogP contribution in [0, 0.1) is 5.82 Å². The van der Waals surface area contributed by atoms with Gasteiger partial charge in [-0.1, -0.05) is 47.6 Å². The number of hydrogen-bond donors (Lipinski definition) is 2. The van der Waals surface area contributed by atoms with Gasteiger partial charge in [-0.3, -0.25) is 4.99 Å². The van der Waals surface area contributed by atoms with E-state index in [1.165, 1.54) is 6.07 Å². The fourth-order valence-corrected chi connectivity index (χ4v) is 2.57. The fourth-order valence-electron chi connectivity index (χ4n) is 2.57. The fraction of sp³-hybridized carbons (Fsp3) is 0.238. The zero-order chi connectivity index (χ0) is 19.8. The normalized spacial score (nSPS) is 12.5. The number of ether oxygens (including phenoxy) is 1. The van der Waals surface area contributed by atoms with E-state index >= 15 is 0 Å². The molecule has 2 N–H and O–H groups in total. The van der Waals surface area contributed by atoms with Gasteiger partial charge in [-0.25, -0.2) is 4.39 Å². The highest BCUT2D eigenvalue weighted by Crippen LogP contribution is 2.19. The van der Waals surface area contributed by atoms with Gasteiger partial charge in [0.15, 0.2) is 23.3 Å². The SMILES string of the molecule is CN=C(NCc1cc(-c2ccccc2)on1)NCC(C)Oc1ccccc1F. The molecular weight excluding hydrogens is 359 g/mol. The third kappa shape index (κ3) is 5.33. The van der Waals surface area contributed by atoms with Gasteiger partial charge in [0, 0.05) is 18.7 Å². The predicted molar refractivity (Wildman–Crippen MR) is 107 cm³/mol. The average Bonchev–Trinajstić information content (AvgIpc) is 3.20. The molecule has 1 aromatic heterocycles. The van der Waals surface area contributed by atoms with Gasteiger partial charge in [0.25, 0.3) is 0 Å². The molecule has 0 fully saturated rings. The summed E-state index contributed by atoms with van der Waals surface area (Å²) in [5.74, 6) is 1.16. The standard InChI is InChI=1S/C21H23FN4O2/c1-15(27-19-11-7-6-10-18(19)22)13-24-21(23-2)25-14-17-12-20(28-26-17)16-8-4-3-5-9-16/h3-12,15H,13-14H2,1-2H3,(H2,23,24,25). The quantitative estimate of drug-likeness (QED) is 0.482. The summed E-state index contributed by atoms with van der Waals surface area (Å²) in [6.45, 7) is 2.77. The highest BCUT2D eigenvalue weighted by atomic mass is 19.1. The number of aromatic nitrogens is 1. The second-order valence-corrected chi connectivity index (χ2v) is 6.21. The number of benzene rings is 2.